The maximum absolute atomic E-state index is 12.5. The van der Waals surface area contributed by atoms with Crippen molar-refractivity contribution in [3.05, 3.63) is 24.1 Å². The number of halogens is 1. The molecule has 1 rings (SSSR count). The van der Waals surface area contributed by atoms with Gasteiger partial charge in [0.1, 0.15) is 11.6 Å². The molecule has 16 heavy (non-hydrogen) atoms. The Bertz CT molecular complexity index is 419. The summed E-state index contributed by atoms with van der Waals surface area (Å²) in [5.41, 5.74) is 5.26. The third kappa shape index (κ3) is 4.54. The van der Waals surface area contributed by atoms with Crippen LogP contribution in [0.5, 0.6) is 0 Å². The molecule has 0 aliphatic carbocycles. The minimum absolute atomic E-state index is 0.0107. The molecular weight excluding hydrogens is 233 g/mol. The van der Waals surface area contributed by atoms with Crippen molar-refractivity contribution < 1.29 is 12.8 Å². The van der Waals surface area contributed by atoms with Crippen LogP contribution in [-0.2, 0) is 10.0 Å². The molecule has 5 nitrogen and oxygen atoms in total. The predicted molar refractivity (Wildman–Crippen MR) is 59.9 cm³/mol. The molecular formula is C9H14FN3O2S. The summed E-state index contributed by atoms with van der Waals surface area (Å²) in [7, 11) is -3.41. The van der Waals surface area contributed by atoms with E-state index in [1.54, 1.807) is 0 Å². The van der Waals surface area contributed by atoms with Gasteiger partial charge in [0.15, 0.2) is 0 Å². The summed E-state index contributed by atoms with van der Waals surface area (Å²) >= 11 is 0. The Morgan fingerprint density at radius 3 is 2.69 bits per heavy atom. The molecule has 1 aromatic rings. The van der Waals surface area contributed by atoms with E-state index in [4.69, 9.17) is 5.73 Å². The van der Waals surface area contributed by atoms with E-state index in [1.807, 2.05) is 0 Å². The summed E-state index contributed by atoms with van der Waals surface area (Å²) in [6, 6.07) is 2.42. The van der Waals surface area contributed by atoms with Crippen LogP contribution < -0.4 is 10.5 Å². The summed E-state index contributed by atoms with van der Waals surface area (Å²) in [6.45, 7) is 0.463. The summed E-state index contributed by atoms with van der Waals surface area (Å²) in [6.07, 6.45) is 2.10. The fraction of sp³-hybridized carbons (Fsp3) is 0.444. The lowest BCUT2D eigenvalue weighted by atomic mass is 10.3. The SMILES string of the molecule is NCCCCS(=O)(=O)Nc1ccc(F)cn1. The summed E-state index contributed by atoms with van der Waals surface area (Å²) in [5.74, 6) is -0.399. The zero-order valence-corrected chi connectivity index (χ0v) is 9.50. The van der Waals surface area contributed by atoms with Gasteiger partial charge in [-0.1, -0.05) is 0 Å². The number of nitrogens with two attached hydrogens (primary N) is 1. The molecule has 0 amide bonds. The maximum Gasteiger partial charge on any atom is 0.233 e. The van der Waals surface area contributed by atoms with Gasteiger partial charge >= 0.3 is 0 Å². The molecule has 0 fully saturated rings. The summed E-state index contributed by atoms with van der Waals surface area (Å²) in [5, 5.41) is 0. The van der Waals surface area contributed by atoms with Gasteiger partial charge in [0.05, 0.1) is 11.9 Å². The lowest BCUT2D eigenvalue weighted by molar-refractivity contribution is 0.596. The first kappa shape index (κ1) is 12.9. The molecule has 1 aromatic heterocycles. The van der Waals surface area contributed by atoms with Gasteiger partial charge < -0.3 is 5.73 Å². The Morgan fingerprint density at radius 1 is 1.38 bits per heavy atom. The average molecular weight is 247 g/mol. The van der Waals surface area contributed by atoms with Crippen molar-refractivity contribution in [1.82, 2.24) is 4.98 Å². The normalized spacial score (nSPS) is 11.4. The largest absolute Gasteiger partial charge is 0.330 e. The Kier molecular flexibility index (Phi) is 4.63. The highest BCUT2D eigenvalue weighted by Gasteiger charge is 2.10. The molecule has 0 aliphatic rings. The number of hydrogen-bond acceptors (Lipinski definition) is 4. The first-order valence-electron chi connectivity index (χ1n) is 4.85. The molecule has 0 unspecified atom stereocenters. The topological polar surface area (TPSA) is 85.1 Å². The lowest BCUT2D eigenvalue weighted by Crippen LogP contribution is -2.18. The molecule has 0 atom stereocenters. The maximum atomic E-state index is 12.5. The van der Waals surface area contributed by atoms with Crippen LogP contribution in [0.15, 0.2) is 18.3 Å². The Balaban J connectivity index is 2.55. The summed E-state index contributed by atoms with van der Waals surface area (Å²) in [4.78, 5) is 3.60. The Morgan fingerprint density at radius 2 is 2.12 bits per heavy atom. The van der Waals surface area contributed by atoms with Crippen LogP contribution in [0, 0.1) is 5.82 Å². The molecule has 0 saturated carbocycles. The number of unbranched alkanes of at least 4 members (excludes halogenated alkanes) is 1. The van der Waals surface area contributed by atoms with Gasteiger partial charge in [0.2, 0.25) is 10.0 Å². The fourth-order valence-corrected chi connectivity index (χ4v) is 2.21. The highest BCUT2D eigenvalue weighted by atomic mass is 32.2. The van der Waals surface area contributed by atoms with E-state index >= 15 is 0 Å². The highest BCUT2D eigenvalue weighted by Crippen LogP contribution is 2.07. The van der Waals surface area contributed by atoms with Crippen LogP contribution in [0.1, 0.15) is 12.8 Å². The van der Waals surface area contributed by atoms with Crippen molar-refractivity contribution in [2.45, 2.75) is 12.8 Å². The van der Waals surface area contributed by atoms with E-state index in [2.05, 4.69) is 9.71 Å². The van der Waals surface area contributed by atoms with Gasteiger partial charge in [-0.25, -0.2) is 17.8 Å². The number of sulfonamides is 1. The van der Waals surface area contributed by atoms with Crippen molar-refractivity contribution in [2.75, 3.05) is 17.0 Å². The third-order valence-electron chi connectivity index (χ3n) is 1.85. The molecule has 3 N–H and O–H groups in total. The molecule has 0 radical (unpaired) electrons. The number of nitrogens with zero attached hydrogens (tertiary/aromatic N) is 1. The second-order valence-corrected chi connectivity index (χ2v) is 5.12. The third-order valence-corrected chi connectivity index (χ3v) is 3.20. The quantitative estimate of drug-likeness (QED) is 0.725. The van der Waals surface area contributed by atoms with Crippen LogP contribution in [0.2, 0.25) is 0 Å². The van der Waals surface area contributed by atoms with Crippen LogP contribution in [0.25, 0.3) is 0 Å². The van der Waals surface area contributed by atoms with Crippen LogP contribution in [-0.4, -0.2) is 25.7 Å². The van der Waals surface area contributed by atoms with Crippen molar-refractivity contribution >= 4 is 15.8 Å². The van der Waals surface area contributed by atoms with Crippen LogP contribution >= 0.6 is 0 Å². The van der Waals surface area contributed by atoms with Gasteiger partial charge in [-0.2, -0.15) is 0 Å². The zero-order chi connectivity index (χ0) is 12.0. The molecule has 0 spiro atoms. The van der Waals surface area contributed by atoms with E-state index in [0.717, 1.165) is 12.3 Å². The molecule has 0 aromatic carbocycles. The van der Waals surface area contributed by atoms with Gasteiger partial charge in [-0.15, -0.1) is 0 Å². The zero-order valence-electron chi connectivity index (χ0n) is 8.69. The highest BCUT2D eigenvalue weighted by molar-refractivity contribution is 7.92. The second-order valence-electron chi connectivity index (χ2n) is 3.28. The van der Waals surface area contributed by atoms with E-state index in [9.17, 15) is 12.8 Å². The smallest absolute Gasteiger partial charge is 0.233 e. The van der Waals surface area contributed by atoms with Gasteiger partial charge in [0, 0.05) is 0 Å². The van der Waals surface area contributed by atoms with E-state index in [0.29, 0.717) is 19.4 Å². The average Bonchev–Trinajstić information content (AvgIpc) is 2.21. The molecule has 0 aliphatic heterocycles. The van der Waals surface area contributed by atoms with Crippen LogP contribution in [0.3, 0.4) is 0 Å². The number of aromatic nitrogens is 1. The number of hydrogen-bond donors (Lipinski definition) is 2. The molecule has 90 valence electrons. The van der Waals surface area contributed by atoms with Crippen molar-refractivity contribution in [1.29, 1.82) is 0 Å². The number of nitrogens with one attached hydrogen (secondary N) is 1. The summed E-state index contributed by atoms with van der Waals surface area (Å²) < 4.78 is 37.7. The fourth-order valence-electron chi connectivity index (χ4n) is 1.08. The first-order valence-corrected chi connectivity index (χ1v) is 6.51. The van der Waals surface area contributed by atoms with E-state index < -0.39 is 15.8 Å². The standard InChI is InChI=1S/C9H14FN3O2S/c10-8-3-4-9(12-7-8)13-16(14,15)6-2-1-5-11/h3-4,7H,1-2,5-6,11H2,(H,12,13). The molecule has 1 heterocycles. The second kappa shape index (κ2) is 5.76. The molecule has 0 saturated heterocycles. The Hall–Kier alpha value is -1.21. The molecule has 7 heteroatoms. The van der Waals surface area contributed by atoms with Crippen molar-refractivity contribution in [3.63, 3.8) is 0 Å². The minimum Gasteiger partial charge on any atom is -0.330 e. The van der Waals surface area contributed by atoms with E-state index in [-0.39, 0.29) is 11.6 Å². The Labute approximate surface area is 93.9 Å². The van der Waals surface area contributed by atoms with Gasteiger partial charge in [0.25, 0.3) is 0 Å². The first-order chi connectivity index (χ1) is 7.53. The van der Waals surface area contributed by atoms with Crippen molar-refractivity contribution in [3.8, 4) is 0 Å². The minimum atomic E-state index is -3.41. The van der Waals surface area contributed by atoms with Gasteiger partial charge in [-0.05, 0) is 31.5 Å². The van der Waals surface area contributed by atoms with E-state index in [1.165, 1.54) is 6.07 Å². The van der Waals surface area contributed by atoms with Crippen LogP contribution in [0.4, 0.5) is 10.2 Å². The number of rotatable bonds is 6. The lowest BCUT2D eigenvalue weighted by Gasteiger charge is -2.06. The monoisotopic (exact) mass is 247 g/mol. The number of pyridine rings is 1. The molecule has 0 bridgehead atoms. The predicted octanol–water partition coefficient (Wildman–Crippen LogP) is 0.701. The van der Waals surface area contributed by atoms with Gasteiger partial charge in [-0.3, -0.25) is 4.72 Å². The van der Waals surface area contributed by atoms with Crippen molar-refractivity contribution in [2.24, 2.45) is 5.73 Å². The number of anilines is 1.